The maximum absolute atomic E-state index is 12.4. The van der Waals surface area contributed by atoms with Gasteiger partial charge >= 0.3 is 6.03 Å². The Labute approximate surface area is 158 Å². The molecule has 0 bridgehead atoms. The molecule has 3 amide bonds. The highest BCUT2D eigenvalue weighted by atomic mass is 16.5. The molecule has 7 nitrogen and oxygen atoms in total. The predicted octanol–water partition coefficient (Wildman–Crippen LogP) is 1.39. The minimum atomic E-state index is 0.0141. The highest BCUT2D eigenvalue weighted by molar-refractivity contribution is 5.79. The smallest absolute Gasteiger partial charge is 0.317 e. The van der Waals surface area contributed by atoms with Gasteiger partial charge in [0.25, 0.3) is 0 Å². The van der Waals surface area contributed by atoms with Crippen LogP contribution in [0.2, 0.25) is 0 Å². The van der Waals surface area contributed by atoms with Crippen molar-refractivity contribution in [2.75, 3.05) is 65.6 Å². The minimum Gasteiger partial charge on any atom is -0.379 e. The van der Waals surface area contributed by atoms with Crippen molar-refractivity contribution in [3.05, 3.63) is 0 Å². The summed E-state index contributed by atoms with van der Waals surface area (Å²) in [5.41, 5.74) is 0. The van der Waals surface area contributed by atoms with Gasteiger partial charge in [-0.05, 0) is 12.3 Å². The molecule has 0 saturated carbocycles. The molecular formula is C19H36N4O3. The number of nitrogens with one attached hydrogen (secondary N) is 1. The standard InChI is InChI=1S/C19H36N4O3/c1-3-5-6-17(4-2)15-20-19(25)23-9-7-22(8-10-23)18(24)16-21-11-13-26-14-12-21/h17H,3-16H2,1-2H3,(H,20,25). The molecule has 26 heavy (non-hydrogen) atoms. The maximum atomic E-state index is 12.4. The molecule has 0 aromatic heterocycles. The Hall–Kier alpha value is -1.34. The van der Waals surface area contributed by atoms with E-state index in [2.05, 4.69) is 24.1 Å². The lowest BCUT2D eigenvalue weighted by Crippen LogP contribution is -2.55. The van der Waals surface area contributed by atoms with Gasteiger partial charge in [-0.25, -0.2) is 4.79 Å². The number of unbranched alkanes of at least 4 members (excludes halogenated alkanes) is 1. The number of hydrogen-bond acceptors (Lipinski definition) is 4. The van der Waals surface area contributed by atoms with Gasteiger partial charge in [0, 0.05) is 45.8 Å². The van der Waals surface area contributed by atoms with E-state index in [0.29, 0.717) is 51.9 Å². The van der Waals surface area contributed by atoms with E-state index >= 15 is 0 Å². The van der Waals surface area contributed by atoms with Crippen molar-refractivity contribution in [2.45, 2.75) is 39.5 Å². The average Bonchev–Trinajstić information content (AvgIpc) is 2.69. The Balaban J connectivity index is 1.66. The number of urea groups is 1. The zero-order chi connectivity index (χ0) is 18.8. The highest BCUT2D eigenvalue weighted by Gasteiger charge is 2.25. The molecule has 2 heterocycles. The first kappa shape index (κ1) is 21.0. The number of hydrogen-bond donors (Lipinski definition) is 1. The second-order valence-electron chi connectivity index (χ2n) is 7.36. The van der Waals surface area contributed by atoms with E-state index in [0.717, 1.165) is 26.1 Å². The molecule has 2 aliphatic heterocycles. The molecule has 2 saturated heterocycles. The summed E-state index contributed by atoms with van der Waals surface area (Å²) in [5, 5.41) is 3.08. The third kappa shape index (κ3) is 6.76. The second-order valence-corrected chi connectivity index (χ2v) is 7.36. The Morgan fingerprint density at radius 3 is 2.27 bits per heavy atom. The number of amides is 3. The summed E-state index contributed by atoms with van der Waals surface area (Å²) in [7, 11) is 0. The molecule has 2 rings (SSSR count). The monoisotopic (exact) mass is 368 g/mol. The van der Waals surface area contributed by atoms with Crippen LogP contribution in [-0.2, 0) is 9.53 Å². The fraction of sp³-hybridized carbons (Fsp3) is 0.895. The van der Waals surface area contributed by atoms with E-state index < -0.39 is 0 Å². The van der Waals surface area contributed by atoms with Crippen LogP contribution in [0.3, 0.4) is 0 Å². The fourth-order valence-electron chi connectivity index (χ4n) is 3.50. The van der Waals surface area contributed by atoms with E-state index in [1.807, 2.05) is 9.80 Å². The fourth-order valence-corrected chi connectivity index (χ4v) is 3.50. The SMILES string of the molecule is CCCCC(CC)CNC(=O)N1CCN(C(=O)CN2CCOCC2)CC1. The summed E-state index contributed by atoms with van der Waals surface area (Å²) >= 11 is 0. The van der Waals surface area contributed by atoms with Crippen LogP contribution in [0.25, 0.3) is 0 Å². The van der Waals surface area contributed by atoms with Crippen LogP contribution in [0.1, 0.15) is 39.5 Å². The van der Waals surface area contributed by atoms with Crippen molar-refractivity contribution >= 4 is 11.9 Å². The average molecular weight is 369 g/mol. The van der Waals surface area contributed by atoms with E-state index in [4.69, 9.17) is 4.74 Å². The lowest BCUT2D eigenvalue weighted by Gasteiger charge is -2.36. The van der Waals surface area contributed by atoms with Crippen LogP contribution < -0.4 is 5.32 Å². The van der Waals surface area contributed by atoms with Gasteiger partial charge in [0.05, 0.1) is 19.8 Å². The van der Waals surface area contributed by atoms with Crippen LogP contribution >= 0.6 is 0 Å². The van der Waals surface area contributed by atoms with Crippen LogP contribution in [0.5, 0.6) is 0 Å². The molecule has 0 spiro atoms. The quantitative estimate of drug-likeness (QED) is 0.703. The van der Waals surface area contributed by atoms with Crippen molar-refractivity contribution in [3.63, 3.8) is 0 Å². The number of ether oxygens (including phenoxy) is 1. The van der Waals surface area contributed by atoms with Crippen molar-refractivity contribution < 1.29 is 14.3 Å². The molecule has 7 heteroatoms. The van der Waals surface area contributed by atoms with Gasteiger partial charge in [-0.15, -0.1) is 0 Å². The molecule has 0 aliphatic carbocycles. The molecule has 2 aliphatic rings. The van der Waals surface area contributed by atoms with Gasteiger partial charge in [0.15, 0.2) is 0 Å². The first-order chi connectivity index (χ1) is 12.6. The molecule has 1 unspecified atom stereocenters. The van der Waals surface area contributed by atoms with Gasteiger partial charge in [0.2, 0.25) is 5.91 Å². The van der Waals surface area contributed by atoms with Crippen molar-refractivity contribution in [1.82, 2.24) is 20.0 Å². The molecule has 0 aromatic rings. The number of carbonyl (C=O) groups excluding carboxylic acids is 2. The summed E-state index contributed by atoms with van der Waals surface area (Å²) in [6.07, 6.45) is 4.70. The van der Waals surface area contributed by atoms with Crippen LogP contribution in [0.4, 0.5) is 4.79 Å². The predicted molar refractivity (Wildman–Crippen MR) is 102 cm³/mol. The van der Waals surface area contributed by atoms with Gasteiger partial charge < -0.3 is 19.9 Å². The lowest BCUT2D eigenvalue weighted by molar-refractivity contribution is -0.134. The number of carbonyl (C=O) groups is 2. The third-order valence-electron chi connectivity index (χ3n) is 5.47. The summed E-state index contributed by atoms with van der Waals surface area (Å²) in [6.45, 7) is 11.2. The van der Waals surface area contributed by atoms with Gasteiger partial charge in [-0.1, -0.05) is 33.1 Å². The summed E-state index contributed by atoms with van der Waals surface area (Å²) in [4.78, 5) is 30.7. The Morgan fingerprint density at radius 1 is 1.00 bits per heavy atom. The number of rotatable bonds is 8. The van der Waals surface area contributed by atoms with Crippen LogP contribution in [0.15, 0.2) is 0 Å². The van der Waals surface area contributed by atoms with E-state index in [1.54, 1.807) is 0 Å². The van der Waals surface area contributed by atoms with Crippen LogP contribution in [0, 0.1) is 5.92 Å². The molecule has 150 valence electrons. The summed E-state index contributed by atoms with van der Waals surface area (Å²) in [5.74, 6) is 0.730. The Kier molecular flexibility index (Phi) is 9.18. The summed E-state index contributed by atoms with van der Waals surface area (Å²) < 4.78 is 5.32. The Bertz CT molecular complexity index is 433. The van der Waals surface area contributed by atoms with Crippen LogP contribution in [-0.4, -0.2) is 92.2 Å². The molecule has 1 N–H and O–H groups in total. The third-order valence-corrected chi connectivity index (χ3v) is 5.47. The van der Waals surface area contributed by atoms with E-state index in [1.165, 1.54) is 19.3 Å². The topological polar surface area (TPSA) is 65.1 Å². The van der Waals surface area contributed by atoms with Crippen molar-refractivity contribution in [3.8, 4) is 0 Å². The molecule has 1 atom stereocenters. The zero-order valence-electron chi connectivity index (χ0n) is 16.5. The highest BCUT2D eigenvalue weighted by Crippen LogP contribution is 2.12. The van der Waals surface area contributed by atoms with Gasteiger partial charge in [0.1, 0.15) is 0 Å². The molecule has 2 fully saturated rings. The lowest BCUT2D eigenvalue weighted by atomic mass is 9.99. The zero-order valence-corrected chi connectivity index (χ0v) is 16.5. The molecule has 0 radical (unpaired) electrons. The van der Waals surface area contributed by atoms with Crippen molar-refractivity contribution in [1.29, 1.82) is 0 Å². The molecular weight excluding hydrogens is 332 g/mol. The van der Waals surface area contributed by atoms with E-state index in [-0.39, 0.29) is 11.9 Å². The van der Waals surface area contributed by atoms with Gasteiger partial charge in [-0.2, -0.15) is 0 Å². The largest absolute Gasteiger partial charge is 0.379 e. The normalized spacial score (nSPS) is 20.1. The van der Waals surface area contributed by atoms with Crippen molar-refractivity contribution in [2.24, 2.45) is 5.92 Å². The second kappa shape index (κ2) is 11.4. The Morgan fingerprint density at radius 2 is 1.65 bits per heavy atom. The van der Waals surface area contributed by atoms with Gasteiger partial charge in [-0.3, -0.25) is 9.69 Å². The first-order valence-electron chi connectivity index (χ1n) is 10.2. The molecule has 0 aromatic carbocycles. The maximum Gasteiger partial charge on any atom is 0.317 e. The first-order valence-corrected chi connectivity index (χ1v) is 10.2. The number of piperazine rings is 1. The number of morpholine rings is 1. The summed E-state index contributed by atoms with van der Waals surface area (Å²) in [6, 6.07) is 0.0141. The minimum absolute atomic E-state index is 0.0141. The number of nitrogens with zero attached hydrogens (tertiary/aromatic N) is 3. The van der Waals surface area contributed by atoms with E-state index in [9.17, 15) is 9.59 Å².